The Morgan fingerprint density at radius 3 is 2.86 bits per heavy atom. The average Bonchev–Trinajstić information content (AvgIpc) is 3.45. The molecule has 4 aromatic rings. The summed E-state index contributed by atoms with van der Waals surface area (Å²) in [5.74, 6) is 0.822. The van der Waals surface area contributed by atoms with Gasteiger partial charge in [0.2, 0.25) is 5.78 Å². The predicted molar refractivity (Wildman–Crippen MR) is 145 cm³/mol. The molecule has 1 fully saturated rings. The lowest BCUT2D eigenvalue weighted by Gasteiger charge is -2.36. The molecular formula is C31H31N3O3. The van der Waals surface area contributed by atoms with Crippen LogP contribution >= 0.6 is 0 Å². The third kappa shape index (κ3) is 4.11. The van der Waals surface area contributed by atoms with Gasteiger partial charge in [0.25, 0.3) is 0 Å². The van der Waals surface area contributed by atoms with Crippen LogP contribution in [0.1, 0.15) is 64.8 Å². The number of allylic oxidation sites excluding steroid dienone is 1. The lowest BCUT2D eigenvalue weighted by atomic mass is 9.94. The van der Waals surface area contributed by atoms with Gasteiger partial charge in [-0.1, -0.05) is 30.7 Å². The fraction of sp³-hybridized carbons (Fsp3) is 0.290. The maximum Gasteiger partial charge on any atom is 0.232 e. The maximum atomic E-state index is 13.6. The SMILES string of the molecule is CCn1cc(/C=C2\Oc3c(CN4CCCC[C@H]4c4cccnc4)c(O)cc(C)c3C2=O)c2ccccc21. The second-order valence-corrected chi connectivity index (χ2v) is 9.99. The third-order valence-corrected chi connectivity index (χ3v) is 7.71. The van der Waals surface area contributed by atoms with E-state index in [4.69, 9.17) is 4.74 Å². The minimum atomic E-state index is -0.135. The number of aromatic nitrogens is 2. The fourth-order valence-corrected chi connectivity index (χ4v) is 5.86. The Balaban J connectivity index is 1.38. The van der Waals surface area contributed by atoms with Crippen LogP contribution in [0.2, 0.25) is 0 Å². The zero-order valence-electron chi connectivity index (χ0n) is 21.3. The van der Waals surface area contributed by atoms with E-state index in [0.29, 0.717) is 29.2 Å². The number of hydrogen-bond donors (Lipinski definition) is 1. The van der Waals surface area contributed by atoms with Crippen molar-refractivity contribution in [3.63, 3.8) is 0 Å². The number of carbonyl (C=O) groups is 1. The molecule has 1 saturated heterocycles. The molecule has 37 heavy (non-hydrogen) atoms. The number of phenolic OH excluding ortho intramolecular Hbond substituents is 1. The Labute approximate surface area is 216 Å². The van der Waals surface area contributed by atoms with Crippen molar-refractivity contribution in [1.29, 1.82) is 0 Å². The number of likely N-dealkylation sites (tertiary alicyclic amines) is 1. The number of hydrogen-bond acceptors (Lipinski definition) is 5. The van der Waals surface area contributed by atoms with Gasteiger partial charge in [-0.2, -0.15) is 0 Å². The second kappa shape index (κ2) is 9.52. The molecule has 2 aromatic heterocycles. The van der Waals surface area contributed by atoms with E-state index in [1.807, 2.05) is 37.4 Å². The van der Waals surface area contributed by atoms with Crippen molar-refractivity contribution >= 4 is 22.8 Å². The zero-order chi connectivity index (χ0) is 25.5. The predicted octanol–water partition coefficient (Wildman–Crippen LogP) is 6.41. The average molecular weight is 494 g/mol. The van der Waals surface area contributed by atoms with Crippen LogP contribution in [0, 0.1) is 6.92 Å². The minimum absolute atomic E-state index is 0.135. The number of nitrogens with zero attached hydrogens (tertiary/aromatic N) is 3. The van der Waals surface area contributed by atoms with Crippen LogP contribution in [0.15, 0.2) is 66.8 Å². The number of fused-ring (bicyclic) bond motifs is 2. The first-order valence-electron chi connectivity index (χ1n) is 13.1. The summed E-state index contributed by atoms with van der Waals surface area (Å²) < 4.78 is 8.47. The molecule has 1 atom stereocenters. The van der Waals surface area contributed by atoms with Gasteiger partial charge in [0, 0.05) is 54.2 Å². The molecule has 188 valence electrons. The number of phenols is 1. The van der Waals surface area contributed by atoms with E-state index >= 15 is 0 Å². The molecule has 0 saturated carbocycles. The number of rotatable bonds is 5. The first-order chi connectivity index (χ1) is 18.0. The number of para-hydroxylation sites is 1. The van der Waals surface area contributed by atoms with Gasteiger partial charge in [0.05, 0.1) is 11.1 Å². The topological polar surface area (TPSA) is 67.6 Å². The molecule has 0 bridgehead atoms. The fourth-order valence-electron chi connectivity index (χ4n) is 5.86. The molecule has 2 aromatic carbocycles. The number of aromatic hydroxyl groups is 1. The van der Waals surface area contributed by atoms with E-state index in [1.54, 1.807) is 12.3 Å². The van der Waals surface area contributed by atoms with Crippen LogP contribution in [-0.2, 0) is 13.1 Å². The van der Waals surface area contributed by atoms with E-state index < -0.39 is 0 Å². The normalized spacial score (nSPS) is 18.9. The van der Waals surface area contributed by atoms with Crippen molar-refractivity contribution in [2.75, 3.05) is 6.54 Å². The first-order valence-corrected chi connectivity index (χ1v) is 13.1. The standard InChI is InChI=1S/C31H31N3O3/c1-3-33-18-22(23-10-4-5-12-26(23)33)16-28-30(36)29-20(2)15-27(35)24(31(29)37-28)19-34-14-7-6-11-25(34)21-9-8-13-32-17-21/h4-5,8-10,12-13,15-18,25,35H,3,6-7,11,14,19H2,1-2H3/b28-16-/t25-/m0/s1. The van der Waals surface area contributed by atoms with Gasteiger partial charge in [-0.25, -0.2) is 0 Å². The van der Waals surface area contributed by atoms with Gasteiger partial charge in [0.15, 0.2) is 5.76 Å². The third-order valence-electron chi connectivity index (χ3n) is 7.71. The van der Waals surface area contributed by atoms with Crippen LogP contribution < -0.4 is 4.74 Å². The lowest BCUT2D eigenvalue weighted by molar-refractivity contribution is 0.101. The molecule has 0 radical (unpaired) electrons. The summed E-state index contributed by atoms with van der Waals surface area (Å²) in [6.07, 6.45) is 10.9. The van der Waals surface area contributed by atoms with Gasteiger partial charge in [-0.05, 0) is 68.6 Å². The van der Waals surface area contributed by atoms with Gasteiger partial charge < -0.3 is 14.4 Å². The summed E-state index contributed by atoms with van der Waals surface area (Å²) in [5.41, 5.74) is 5.20. The highest BCUT2D eigenvalue weighted by Crippen LogP contribution is 2.44. The summed E-state index contributed by atoms with van der Waals surface area (Å²) >= 11 is 0. The first kappa shape index (κ1) is 23.5. The molecule has 0 amide bonds. The van der Waals surface area contributed by atoms with Gasteiger partial charge in [0.1, 0.15) is 11.5 Å². The zero-order valence-corrected chi connectivity index (χ0v) is 21.3. The smallest absolute Gasteiger partial charge is 0.232 e. The van der Waals surface area contributed by atoms with Crippen LogP contribution in [0.5, 0.6) is 11.5 Å². The van der Waals surface area contributed by atoms with Gasteiger partial charge in [-0.3, -0.25) is 14.7 Å². The number of ether oxygens (including phenoxy) is 1. The van der Waals surface area contributed by atoms with E-state index in [-0.39, 0.29) is 17.6 Å². The molecule has 6 heteroatoms. The molecule has 0 unspecified atom stereocenters. The number of ketones is 1. The quantitative estimate of drug-likeness (QED) is 0.325. The molecule has 4 heterocycles. The molecule has 0 spiro atoms. The molecule has 6 nitrogen and oxygen atoms in total. The highest BCUT2D eigenvalue weighted by molar-refractivity contribution is 6.16. The summed E-state index contributed by atoms with van der Waals surface area (Å²) in [4.78, 5) is 20.3. The summed E-state index contributed by atoms with van der Waals surface area (Å²) in [6, 6.07) is 14.2. The number of aryl methyl sites for hydroxylation is 2. The number of benzene rings is 2. The van der Waals surface area contributed by atoms with Crippen molar-refractivity contribution in [2.45, 2.75) is 52.2 Å². The molecule has 1 N–H and O–H groups in total. The Hall–Kier alpha value is -3.90. The molecule has 6 rings (SSSR count). The number of carbonyl (C=O) groups excluding carboxylic acids is 1. The largest absolute Gasteiger partial charge is 0.507 e. The lowest BCUT2D eigenvalue weighted by Crippen LogP contribution is -2.33. The van der Waals surface area contributed by atoms with Crippen molar-refractivity contribution in [2.24, 2.45) is 0 Å². The highest BCUT2D eigenvalue weighted by Gasteiger charge is 2.35. The molecule has 2 aliphatic heterocycles. The van der Waals surface area contributed by atoms with Crippen molar-refractivity contribution in [3.05, 3.63) is 94.6 Å². The van der Waals surface area contributed by atoms with Gasteiger partial charge in [-0.15, -0.1) is 0 Å². The molecule has 0 aliphatic carbocycles. The number of piperidine rings is 1. The Kier molecular flexibility index (Phi) is 6.05. The van der Waals surface area contributed by atoms with Crippen molar-refractivity contribution < 1.29 is 14.6 Å². The number of Topliss-reactive ketones (excluding diaryl/α,β-unsaturated/α-hetero) is 1. The van der Waals surface area contributed by atoms with E-state index in [1.165, 1.54) is 5.56 Å². The van der Waals surface area contributed by atoms with Crippen LogP contribution in [-0.4, -0.2) is 31.9 Å². The summed E-state index contributed by atoms with van der Waals surface area (Å²) in [6.45, 7) is 6.21. The molecule has 2 aliphatic rings. The van der Waals surface area contributed by atoms with Gasteiger partial charge >= 0.3 is 0 Å². The Morgan fingerprint density at radius 2 is 2.05 bits per heavy atom. The Morgan fingerprint density at radius 1 is 1.19 bits per heavy atom. The molecular weight excluding hydrogens is 462 g/mol. The summed E-state index contributed by atoms with van der Waals surface area (Å²) in [7, 11) is 0. The van der Waals surface area contributed by atoms with Crippen LogP contribution in [0.25, 0.3) is 17.0 Å². The van der Waals surface area contributed by atoms with Crippen LogP contribution in [0.3, 0.4) is 0 Å². The van der Waals surface area contributed by atoms with Crippen molar-refractivity contribution in [3.8, 4) is 11.5 Å². The maximum absolute atomic E-state index is 13.6. The second-order valence-electron chi connectivity index (χ2n) is 9.99. The Bertz CT molecular complexity index is 1520. The number of pyridine rings is 1. The van der Waals surface area contributed by atoms with Crippen molar-refractivity contribution in [1.82, 2.24) is 14.5 Å². The van der Waals surface area contributed by atoms with Crippen LogP contribution in [0.4, 0.5) is 0 Å². The highest BCUT2D eigenvalue weighted by atomic mass is 16.5. The van der Waals surface area contributed by atoms with E-state index in [0.717, 1.165) is 54.4 Å². The monoisotopic (exact) mass is 493 g/mol. The van der Waals surface area contributed by atoms with E-state index in [2.05, 4.69) is 45.8 Å². The minimum Gasteiger partial charge on any atom is -0.507 e. The van der Waals surface area contributed by atoms with E-state index in [9.17, 15) is 9.90 Å². The summed E-state index contributed by atoms with van der Waals surface area (Å²) in [5, 5.41) is 12.1.